The van der Waals surface area contributed by atoms with Crippen molar-refractivity contribution < 1.29 is 13.9 Å². The molecule has 1 unspecified atom stereocenters. The van der Waals surface area contributed by atoms with Crippen LogP contribution in [-0.2, 0) is 0 Å². The summed E-state index contributed by atoms with van der Waals surface area (Å²) in [6.45, 7) is 1.71. The van der Waals surface area contributed by atoms with Crippen molar-refractivity contribution >= 4 is 5.91 Å². The fourth-order valence-corrected chi connectivity index (χ4v) is 2.40. The molecule has 2 aromatic carbocycles. The van der Waals surface area contributed by atoms with Gasteiger partial charge in [0.05, 0.1) is 12.7 Å². The lowest BCUT2D eigenvalue weighted by molar-refractivity contribution is 0.0934. The number of hydrogen-bond donors (Lipinski definition) is 1. The molecule has 0 aliphatic carbocycles. The Balaban J connectivity index is 1.94. The van der Waals surface area contributed by atoms with Crippen molar-refractivity contribution in [1.29, 1.82) is 0 Å². The quantitative estimate of drug-likeness (QED) is 0.781. The van der Waals surface area contributed by atoms with Gasteiger partial charge in [-0.15, -0.1) is 10.2 Å². The van der Waals surface area contributed by atoms with Crippen molar-refractivity contribution in [2.45, 2.75) is 13.0 Å². The number of ether oxygens (including phenoxy) is 1. The Hall–Kier alpha value is -3.15. The Labute approximate surface area is 139 Å². The van der Waals surface area contributed by atoms with Gasteiger partial charge in [-0.25, -0.2) is 0 Å². The molecule has 6 heteroatoms. The number of benzene rings is 2. The highest BCUT2D eigenvalue weighted by molar-refractivity contribution is 5.97. The van der Waals surface area contributed by atoms with Crippen LogP contribution in [0.4, 0.5) is 0 Å². The van der Waals surface area contributed by atoms with Crippen molar-refractivity contribution in [2.24, 2.45) is 0 Å². The number of nitrogens with one attached hydrogen (secondary N) is 1. The number of aryl methyl sites for hydroxylation is 1. The van der Waals surface area contributed by atoms with Gasteiger partial charge in [0.15, 0.2) is 0 Å². The molecule has 24 heavy (non-hydrogen) atoms. The van der Waals surface area contributed by atoms with E-state index in [1.54, 1.807) is 25.1 Å². The Kier molecular flexibility index (Phi) is 4.56. The summed E-state index contributed by atoms with van der Waals surface area (Å²) >= 11 is 0. The minimum atomic E-state index is -0.537. The van der Waals surface area contributed by atoms with E-state index in [-0.39, 0.29) is 5.91 Å². The van der Waals surface area contributed by atoms with E-state index < -0.39 is 6.04 Å². The number of carbonyl (C=O) groups excluding carboxylic acids is 1. The number of methoxy groups -OCH3 is 1. The number of rotatable bonds is 5. The molecule has 1 aromatic heterocycles. The molecule has 1 heterocycles. The Morgan fingerprint density at radius 2 is 1.79 bits per heavy atom. The van der Waals surface area contributed by atoms with E-state index in [2.05, 4.69) is 15.5 Å². The first-order chi connectivity index (χ1) is 11.7. The molecule has 3 rings (SSSR count). The zero-order valence-corrected chi connectivity index (χ0v) is 13.4. The minimum Gasteiger partial charge on any atom is -0.496 e. The van der Waals surface area contributed by atoms with Crippen molar-refractivity contribution in [3.63, 3.8) is 0 Å². The maximum Gasteiger partial charge on any atom is 0.255 e. The van der Waals surface area contributed by atoms with Crippen LogP contribution in [0.25, 0.3) is 0 Å². The van der Waals surface area contributed by atoms with E-state index >= 15 is 0 Å². The fraction of sp³-hybridized carbons (Fsp3) is 0.167. The first kappa shape index (κ1) is 15.7. The summed E-state index contributed by atoms with van der Waals surface area (Å²) in [7, 11) is 1.53. The standard InChI is InChI=1S/C18H17N3O3/c1-12-20-21-18(24-12)16(13-8-4-3-5-9-13)19-17(22)14-10-6-7-11-15(14)23-2/h3-11,16H,1-2H3,(H,19,22). The van der Waals surface area contributed by atoms with Crippen LogP contribution < -0.4 is 10.1 Å². The summed E-state index contributed by atoms with van der Waals surface area (Å²) in [6.07, 6.45) is 0. The summed E-state index contributed by atoms with van der Waals surface area (Å²) in [6, 6.07) is 16.0. The third kappa shape index (κ3) is 3.27. The molecule has 0 aliphatic heterocycles. The number of aromatic nitrogens is 2. The number of amides is 1. The second kappa shape index (κ2) is 6.95. The Bertz CT molecular complexity index is 830. The summed E-state index contributed by atoms with van der Waals surface area (Å²) < 4.78 is 10.8. The van der Waals surface area contributed by atoms with Crippen molar-refractivity contribution in [1.82, 2.24) is 15.5 Å². The lowest BCUT2D eigenvalue weighted by Crippen LogP contribution is -2.30. The minimum absolute atomic E-state index is 0.280. The van der Waals surface area contributed by atoms with Gasteiger partial charge in [-0.3, -0.25) is 4.79 Å². The van der Waals surface area contributed by atoms with E-state index in [1.165, 1.54) is 7.11 Å². The van der Waals surface area contributed by atoms with Crippen LogP contribution in [0.5, 0.6) is 5.75 Å². The summed E-state index contributed by atoms with van der Waals surface area (Å²) in [5, 5.41) is 10.8. The molecule has 3 aromatic rings. The molecule has 1 atom stereocenters. The summed E-state index contributed by atoms with van der Waals surface area (Å²) in [5.74, 6) is 1.00. The van der Waals surface area contributed by atoms with Gasteiger partial charge in [0.25, 0.3) is 5.91 Å². The molecular weight excluding hydrogens is 306 g/mol. The molecule has 6 nitrogen and oxygen atoms in total. The Morgan fingerprint density at radius 1 is 1.08 bits per heavy atom. The maximum atomic E-state index is 12.7. The summed E-state index contributed by atoms with van der Waals surface area (Å²) in [5.41, 5.74) is 1.29. The van der Waals surface area contributed by atoms with Crippen LogP contribution in [-0.4, -0.2) is 23.2 Å². The van der Waals surface area contributed by atoms with Crippen molar-refractivity contribution in [3.05, 3.63) is 77.5 Å². The SMILES string of the molecule is COc1ccccc1C(=O)NC(c1ccccc1)c1nnc(C)o1. The lowest BCUT2D eigenvalue weighted by Gasteiger charge is -2.16. The molecule has 0 radical (unpaired) electrons. The van der Waals surface area contributed by atoms with Crippen LogP contribution in [0.15, 0.2) is 59.0 Å². The van der Waals surface area contributed by atoms with E-state index in [4.69, 9.17) is 9.15 Å². The topological polar surface area (TPSA) is 77.2 Å². The highest BCUT2D eigenvalue weighted by Gasteiger charge is 2.24. The smallest absolute Gasteiger partial charge is 0.255 e. The monoisotopic (exact) mass is 323 g/mol. The largest absolute Gasteiger partial charge is 0.496 e. The van der Waals surface area contributed by atoms with Crippen molar-refractivity contribution in [3.8, 4) is 5.75 Å². The van der Waals surface area contributed by atoms with Gasteiger partial charge in [-0.1, -0.05) is 42.5 Å². The zero-order valence-electron chi connectivity index (χ0n) is 13.4. The molecule has 0 saturated carbocycles. The lowest BCUT2D eigenvalue weighted by atomic mass is 10.1. The molecule has 0 aliphatic rings. The van der Waals surface area contributed by atoms with Crippen LogP contribution >= 0.6 is 0 Å². The average molecular weight is 323 g/mol. The maximum absolute atomic E-state index is 12.7. The second-order valence-electron chi connectivity index (χ2n) is 5.18. The molecular formula is C18H17N3O3. The van der Waals surface area contributed by atoms with E-state index in [0.29, 0.717) is 23.1 Å². The van der Waals surface area contributed by atoms with E-state index in [0.717, 1.165) is 5.56 Å². The highest BCUT2D eigenvalue weighted by atomic mass is 16.5. The van der Waals surface area contributed by atoms with Gasteiger partial charge in [-0.2, -0.15) is 0 Å². The number of carbonyl (C=O) groups is 1. The normalized spacial score (nSPS) is 11.8. The summed E-state index contributed by atoms with van der Waals surface area (Å²) in [4.78, 5) is 12.7. The number of nitrogens with zero attached hydrogens (tertiary/aromatic N) is 2. The molecule has 1 N–H and O–H groups in total. The van der Waals surface area contributed by atoms with Gasteiger partial charge in [0.2, 0.25) is 11.8 Å². The molecule has 122 valence electrons. The van der Waals surface area contributed by atoms with Crippen LogP contribution in [0.3, 0.4) is 0 Å². The number of hydrogen-bond acceptors (Lipinski definition) is 5. The van der Waals surface area contributed by atoms with Gasteiger partial charge in [0.1, 0.15) is 11.8 Å². The third-order valence-electron chi connectivity index (χ3n) is 3.55. The van der Waals surface area contributed by atoms with Gasteiger partial charge in [-0.05, 0) is 17.7 Å². The molecule has 0 bridgehead atoms. The van der Waals surface area contributed by atoms with Crippen LogP contribution in [0, 0.1) is 6.92 Å². The van der Waals surface area contributed by atoms with Gasteiger partial charge >= 0.3 is 0 Å². The van der Waals surface area contributed by atoms with Crippen LogP contribution in [0.2, 0.25) is 0 Å². The van der Waals surface area contributed by atoms with Gasteiger partial charge < -0.3 is 14.5 Å². The second-order valence-corrected chi connectivity index (χ2v) is 5.18. The predicted octanol–water partition coefficient (Wildman–Crippen LogP) is 2.91. The van der Waals surface area contributed by atoms with Crippen molar-refractivity contribution in [2.75, 3.05) is 7.11 Å². The highest BCUT2D eigenvalue weighted by Crippen LogP contribution is 2.23. The predicted molar refractivity (Wildman–Crippen MR) is 87.8 cm³/mol. The van der Waals surface area contributed by atoms with Crippen LogP contribution in [0.1, 0.15) is 33.7 Å². The zero-order chi connectivity index (χ0) is 16.9. The molecule has 0 saturated heterocycles. The first-order valence-electron chi connectivity index (χ1n) is 7.48. The fourth-order valence-electron chi connectivity index (χ4n) is 2.40. The molecule has 0 spiro atoms. The van der Waals surface area contributed by atoms with E-state index in [9.17, 15) is 4.79 Å². The third-order valence-corrected chi connectivity index (χ3v) is 3.55. The number of para-hydroxylation sites is 1. The Morgan fingerprint density at radius 3 is 2.46 bits per heavy atom. The first-order valence-corrected chi connectivity index (χ1v) is 7.48. The van der Waals surface area contributed by atoms with E-state index in [1.807, 2.05) is 36.4 Å². The average Bonchev–Trinajstić information content (AvgIpc) is 3.06. The molecule has 0 fully saturated rings. The molecule has 1 amide bonds. The van der Waals surface area contributed by atoms with Gasteiger partial charge in [0, 0.05) is 6.92 Å².